The Morgan fingerprint density at radius 1 is 1.15 bits per heavy atom. The van der Waals surface area contributed by atoms with Gasteiger partial charge in [-0.15, -0.1) is 0 Å². The number of ether oxygens (including phenoxy) is 1. The van der Waals surface area contributed by atoms with Crippen LogP contribution in [0.5, 0.6) is 5.88 Å². The zero-order chi connectivity index (χ0) is 18.8. The molecule has 6 heteroatoms. The molecule has 0 spiro atoms. The van der Waals surface area contributed by atoms with Crippen LogP contribution in [-0.2, 0) is 0 Å². The van der Waals surface area contributed by atoms with Crippen molar-refractivity contribution in [1.82, 2.24) is 15.3 Å². The van der Waals surface area contributed by atoms with Gasteiger partial charge in [-0.05, 0) is 54.2 Å². The van der Waals surface area contributed by atoms with E-state index in [9.17, 15) is 4.79 Å². The molecule has 3 aromatic rings. The molecule has 0 radical (unpaired) electrons. The van der Waals surface area contributed by atoms with Crippen molar-refractivity contribution < 1.29 is 9.53 Å². The van der Waals surface area contributed by atoms with Gasteiger partial charge in [0.2, 0.25) is 11.8 Å². The Balaban J connectivity index is 1.67. The third kappa shape index (κ3) is 3.56. The number of carbonyl (C=O) groups is 1. The van der Waals surface area contributed by atoms with Gasteiger partial charge in [0, 0.05) is 12.6 Å². The highest BCUT2D eigenvalue weighted by Gasteiger charge is 2.19. The predicted octanol–water partition coefficient (Wildman–Crippen LogP) is 3.42. The Kier molecular flexibility index (Phi) is 4.62. The number of rotatable bonds is 5. The normalized spacial score (nSPS) is 14.0. The molecule has 2 aromatic carbocycles. The van der Waals surface area contributed by atoms with E-state index in [0.717, 1.165) is 22.0 Å². The molecule has 4 rings (SSSR count). The highest BCUT2D eigenvalue weighted by molar-refractivity contribution is 5.95. The average molecular weight is 362 g/mol. The Hall–Kier alpha value is -3.15. The van der Waals surface area contributed by atoms with Crippen LogP contribution in [0.4, 0.5) is 5.95 Å². The second-order valence-electron chi connectivity index (χ2n) is 6.88. The number of hydrogen-bond donors (Lipinski definition) is 2. The van der Waals surface area contributed by atoms with Crippen molar-refractivity contribution in [1.29, 1.82) is 0 Å². The topological polar surface area (TPSA) is 90.1 Å². The van der Waals surface area contributed by atoms with Gasteiger partial charge in [-0.3, -0.25) is 4.79 Å². The van der Waals surface area contributed by atoms with E-state index < -0.39 is 0 Å². The van der Waals surface area contributed by atoms with Gasteiger partial charge in [0.05, 0.1) is 17.5 Å². The summed E-state index contributed by atoms with van der Waals surface area (Å²) >= 11 is 0. The number of carbonyl (C=O) groups excluding carboxylic acids is 1. The Labute approximate surface area is 157 Å². The molecule has 1 aliphatic carbocycles. The Bertz CT molecular complexity index is 981. The molecule has 1 aliphatic rings. The van der Waals surface area contributed by atoms with Crippen LogP contribution in [-0.4, -0.2) is 29.5 Å². The number of nitrogens with one attached hydrogen (secondary N) is 1. The second-order valence-corrected chi connectivity index (χ2v) is 6.88. The Morgan fingerprint density at radius 2 is 1.89 bits per heavy atom. The third-order valence-corrected chi connectivity index (χ3v) is 5.07. The molecule has 1 saturated carbocycles. The van der Waals surface area contributed by atoms with Crippen molar-refractivity contribution in [3.63, 3.8) is 0 Å². The van der Waals surface area contributed by atoms with Crippen LogP contribution in [0.2, 0.25) is 0 Å². The molecule has 6 nitrogen and oxygen atoms in total. The highest BCUT2D eigenvalue weighted by atomic mass is 16.5. The summed E-state index contributed by atoms with van der Waals surface area (Å²) in [7, 11) is 1.62. The van der Waals surface area contributed by atoms with Gasteiger partial charge >= 0.3 is 0 Å². The lowest BCUT2D eigenvalue weighted by molar-refractivity contribution is 0.0963. The lowest BCUT2D eigenvalue weighted by Gasteiger charge is -2.25. The van der Waals surface area contributed by atoms with Gasteiger partial charge in [-0.25, -0.2) is 4.98 Å². The SMILES string of the molecule is CNC(=O)c1ccc(-c2ccc3nc(N)nc(OCC4CCC4)c3c2)cc1. The number of anilines is 1. The fourth-order valence-electron chi connectivity index (χ4n) is 3.22. The molecule has 1 aromatic heterocycles. The monoisotopic (exact) mass is 362 g/mol. The number of benzene rings is 2. The van der Waals surface area contributed by atoms with E-state index in [4.69, 9.17) is 10.5 Å². The zero-order valence-electron chi connectivity index (χ0n) is 15.2. The summed E-state index contributed by atoms with van der Waals surface area (Å²) in [4.78, 5) is 20.3. The van der Waals surface area contributed by atoms with E-state index in [2.05, 4.69) is 15.3 Å². The first-order valence-corrected chi connectivity index (χ1v) is 9.16. The first-order valence-electron chi connectivity index (χ1n) is 9.16. The third-order valence-electron chi connectivity index (χ3n) is 5.07. The molecule has 0 saturated heterocycles. The van der Waals surface area contributed by atoms with Crippen molar-refractivity contribution in [2.45, 2.75) is 19.3 Å². The minimum atomic E-state index is -0.101. The lowest BCUT2D eigenvalue weighted by Crippen LogP contribution is -2.19. The zero-order valence-corrected chi connectivity index (χ0v) is 15.2. The van der Waals surface area contributed by atoms with Crippen LogP contribution in [0.25, 0.3) is 22.0 Å². The maximum absolute atomic E-state index is 11.7. The van der Waals surface area contributed by atoms with Gasteiger partial charge in [0.25, 0.3) is 5.91 Å². The Morgan fingerprint density at radius 3 is 2.56 bits per heavy atom. The van der Waals surface area contributed by atoms with Crippen molar-refractivity contribution in [3.8, 4) is 17.0 Å². The molecule has 0 bridgehead atoms. The molecule has 3 N–H and O–H groups in total. The number of amides is 1. The fourth-order valence-corrected chi connectivity index (χ4v) is 3.22. The molecule has 27 heavy (non-hydrogen) atoms. The summed E-state index contributed by atoms with van der Waals surface area (Å²) in [6, 6.07) is 13.4. The van der Waals surface area contributed by atoms with Crippen LogP contribution < -0.4 is 15.8 Å². The van der Waals surface area contributed by atoms with E-state index in [1.165, 1.54) is 19.3 Å². The van der Waals surface area contributed by atoms with Crippen LogP contribution in [0.1, 0.15) is 29.6 Å². The number of fused-ring (bicyclic) bond motifs is 1. The standard InChI is InChI=1S/C21H22N4O2/c1-23-19(26)15-7-5-14(6-8-15)16-9-10-18-17(11-16)20(25-21(22)24-18)27-12-13-3-2-4-13/h5-11,13H,2-4,12H2,1H3,(H,23,26)(H2,22,24,25). The van der Waals surface area contributed by atoms with E-state index >= 15 is 0 Å². The van der Waals surface area contributed by atoms with E-state index in [-0.39, 0.29) is 11.9 Å². The second kappa shape index (κ2) is 7.23. The van der Waals surface area contributed by atoms with Crippen molar-refractivity contribution in [2.24, 2.45) is 5.92 Å². The van der Waals surface area contributed by atoms with E-state index in [0.29, 0.717) is 24.0 Å². The molecule has 138 valence electrons. The summed E-state index contributed by atoms with van der Waals surface area (Å²) in [5, 5.41) is 3.47. The van der Waals surface area contributed by atoms with Crippen molar-refractivity contribution >= 4 is 22.8 Å². The van der Waals surface area contributed by atoms with Crippen LogP contribution in [0, 0.1) is 5.92 Å². The number of nitrogens with zero attached hydrogens (tertiary/aromatic N) is 2. The molecule has 1 amide bonds. The average Bonchev–Trinajstić information content (AvgIpc) is 2.66. The van der Waals surface area contributed by atoms with Gasteiger partial charge < -0.3 is 15.8 Å². The van der Waals surface area contributed by atoms with E-state index in [1.54, 1.807) is 7.05 Å². The molecule has 1 fully saturated rings. The molecule has 0 atom stereocenters. The molecule has 0 aliphatic heterocycles. The molecule has 0 unspecified atom stereocenters. The molecule has 1 heterocycles. The van der Waals surface area contributed by atoms with Crippen LogP contribution in [0.15, 0.2) is 42.5 Å². The van der Waals surface area contributed by atoms with Crippen LogP contribution >= 0.6 is 0 Å². The number of nitrogen functional groups attached to an aromatic ring is 1. The van der Waals surface area contributed by atoms with Crippen molar-refractivity contribution in [2.75, 3.05) is 19.4 Å². The van der Waals surface area contributed by atoms with Gasteiger partial charge in [-0.2, -0.15) is 4.98 Å². The first kappa shape index (κ1) is 17.3. The number of nitrogens with two attached hydrogens (primary N) is 1. The largest absolute Gasteiger partial charge is 0.477 e. The molecular formula is C21H22N4O2. The number of aromatic nitrogens is 2. The summed E-state index contributed by atoms with van der Waals surface area (Å²) < 4.78 is 5.98. The summed E-state index contributed by atoms with van der Waals surface area (Å²) in [5.41, 5.74) is 9.25. The minimum Gasteiger partial charge on any atom is -0.477 e. The summed E-state index contributed by atoms with van der Waals surface area (Å²) in [6.07, 6.45) is 3.69. The summed E-state index contributed by atoms with van der Waals surface area (Å²) in [5.74, 6) is 1.26. The van der Waals surface area contributed by atoms with Crippen LogP contribution in [0.3, 0.4) is 0 Å². The highest BCUT2D eigenvalue weighted by Crippen LogP contribution is 2.31. The number of hydrogen-bond acceptors (Lipinski definition) is 5. The minimum absolute atomic E-state index is 0.101. The molecular weight excluding hydrogens is 340 g/mol. The quantitative estimate of drug-likeness (QED) is 0.726. The maximum Gasteiger partial charge on any atom is 0.251 e. The predicted molar refractivity (Wildman–Crippen MR) is 106 cm³/mol. The van der Waals surface area contributed by atoms with Gasteiger partial charge in [0.1, 0.15) is 0 Å². The summed E-state index contributed by atoms with van der Waals surface area (Å²) in [6.45, 7) is 0.663. The fraction of sp³-hybridized carbons (Fsp3) is 0.286. The van der Waals surface area contributed by atoms with Crippen molar-refractivity contribution in [3.05, 3.63) is 48.0 Å². The lowest BCUT2D eigenvalue weighted by atomic mass is 9.86. The van der Waals surface area contributed by atoms with E-state index in [1.807, 2.05) is 42.5 Å². The first-order chi connectivity index (χ1) is 13.1. The van der Waals surface area contributed by atoms with Gasteiger partial charge in [0.15, 0.2) is 0 Å². The maximum atomic E-state index is 11.7. The smallest absolute Gasteiger partial charge is 0.251 e. The van der Waals surface area contributed by atoms with Gasteiger partial charge in [-0.1, -0.05) is 24.6 Å².